The molecule has 4 nitrogen and oxygen atoms in total. The molecule has 0 bridgehead atoms. The maximum absolute atomic E-state index is 5.46. The van der Waals surface area contributed by atoms with E-state index in [0.717, 1.165) is 30.3 Å². The topological polar surface area (TPSA) is 33.7 Å². The predicted molar refractivity (Wildman–Crippen MR) is 73.8 cm³/mol. The van der Waals surface area contributed by atoms with E-state index in [4.69, 9.17) is 9.47 Å². The summed E-state index contributed by atoms with van der Waals surface area (Å²) >= 11 is 0. The fourth-order valence-corrected chi connectivity index (χ4v) is 2.46. The van der Waals surface area contributed by atoms with Gasteiger partial charge in [-0.25, -0.2) is 0 Å². The van der Waals surface area contributed by atoms with E-state index in [2.05, 4.69) is 16.3 Å². The summed E-state index contributed by atoms with van der Waals surface area (Å²) in [5, 5.41) is 3.34. The summed E-state index contributed by atoms with van der Waals surface area (Å²) < 4.78 is 10.7. The third-order valence-corrected chi connectivity index (χ3v) is 3.63. The molecule has 1 N–H and O–H groups in total. The molecule has 0 aromatic heterocycles. The minimum absolute atomic E-state index is 0.644. The van der Waals surface area contributed by atoms with Gasteiger partial charge in [-0.1, -0.05) is 0 Å². The van der Waals surface area contributed by atoms with Gasteiger partial charge in [0.25, 0.3) is 0 Å². The van der Waals surface area contributed by atoms with Crippen molar-refractivity contribution in [1.82, 2.24) is 5.32 Å². The van der Waals surface area contributed by atoms with Gasteiger partial charge in [0.05, 0.1) is 19.9 Å². The van der Waals surface area contributed by atoms with Crippen LogP contribution in [0.5, 0.6) is 11.5 Å². The van der Waals surface area contributed by atoms with Crippen molar-refractivity contribution in [2.45, 2.75) is 18.9 Å². The first-order chi connectivity index (χ1) is 8.78. The lowest BCUT2D eigenvalue weighted by Crippen LogP contribution is -2.41. The highest BCUT2D eigenvalue weighted by molar-refractivity contribution is 5.61. The normalized spacial score (nSPS) is 16.7. The Hall–Kier alpha value is -1.42. The fraction of sp³-hybridized carbons (Fsp3) is 0.571. The lowest BCUT2D eigenvalue weighted by atomic mass is 10.0. The maximum atomic E-state index is 5.46. The van der Waals surface area contributed by atoms with Crippen LogP contribution in [0.2, 0.25) is 0 Å². The molecule has 0 aliphatic carbocycles. The zero-order chi connectivity index (χ0) is 13.0. The molecule has 18 heavy (non-hydrogen) atoms. The Balaban J connectivity index is 2.13. The lowest BCUT2D eigenvalue weighted by Gasteiger charge is -2.34. The van der Waals surface area contributed by atoms with Crippen LogP contribution in [0.4, 0.5) is 5.69 Å². The second kappa shape index (κ2) is 5.96. The SMILES string of the molecule is CNC1CCN(c2ccc(OC)cc2OC)CC1. The van der Waals surface area contributed by atoms with Crippen molar-refractivity contribution in [2.75, 3.05) is 39.3 Å². The minimum Gasteiger partial charge on any atom is -0.497 e. The Bertz CT molecular complexity index is 387. The van der Waals surface area contributed by atoms with Gasteiger partial charge < -0.3 is 19.7 Å². The van der Waals surface area contributed by atoms with Crippen LogP contribution in [-0.4, -0.2) is 40.4 Å². The molecule has 1 aromatic rings. The highest BCUT2D eigenvalue weighted by Gasteiger charge is 2.20. The van der Waals surface area contributed by atoms with Gasteiger partial charge in [-0.05, 0) is 32.0 Å². The lowest BCUT2D eigenvalue weighted by molar-refractivity contribution is 0.390. The second-order valence-electron chi connectivity index (χ2n) is 4.59. The molecule has 0 spiro atoms. The van der Waals surface area contributed by atoms with Crippen molar-refractivity contribution in [1.29, 1.82) is 0 Å². The highest BCUT2D eigenvalue weighted by Crippen LogP contribution is 2.33. The van der Waals surface area contributed by atoms with Gasteiger partial charge in [-0.2, -0.15) is 0 Å². The number of anilines is 1. The predicted octanol–water partition coefficient (Wildman–Crippen LogP) is 1.89. The third-order valence-electron chi connectivity index (χ3n) is 3.63. The van der Waals surface area contributed by atoms with Crippen molar-refractivity contribution in [3.8, 4) is 11.5 Å². The van der Waals surface area contributed by atoms with E-state index in [1.165, 1.54) is 12.8 Å². The van der Waals surface area contributed by atoms with Gasteiger partial charge in [-0.3, -0.25) is 0 Å². The Morgan fingerprint density at radius 3 is 2.44 bits per heavy atom. The van der Waals surface area contributed by atoms with Crippen LogP contribution in [0.15, 0.2) is 18.2 Å². The summed E-state index contributed by atoms with van der Waals surface area (Å²) in [4.78, 5) is 2.38. The minimum atomic E-state index is 0.644. The summed E-state index contributed by atoms with van der Waals surface area (Å²) in [7, 11) is 5.42. The first-order valence-electron chi connectivity index (χ1n) is 6.42. The van der Waals surface area contributed by atoms with Crippen LogP contribution < -0.4 is 19.7 Å². The van der Waals surface area contributed by atoms with E-state index in [9.17, 15) is 0 Å². The zero-order valence-corrected chi connectivity index (χ0v) is 11.4. The zero-order valence-electron chi connectivity index (χ0n) is 11.4. The fourth-order valence-electron chi connectivity index (χ4n) is 2.46. The summed E-state index contributed by atoms with van der Waals surface area (Å²) in [6.45, 7) is 2.13. The van der Waals surface area contributed by atoms with Gasteiger partial charge >= 0.3 is 0 Å². The Morgan fingerprint density at radius 1 is 1.17 bits per heavy atom. The maximum Gasteiger partial charge on any atom is 0.145 e. The van der Waals surface area contributed by atoms with E-state index < -0.39 is 0 Å². The Kier molecular flexibility index (Phi) is 4.31. The number of nitrogens with zero attached hydrogens (tertiary/aromatic N) is 1. The number of ether oxygens (including phenoxy) is 2. The molecule has 0 amide bonds. The van der Waals surface area contributed by atoms with Crippen LogP contribution in [0.1, 0.15) is 12.8 Å². The smallest absolute Gasteiger partial charge is 0.145 e. The molecule has 2 rings (SSSR count). The van der Waals surface area contributed by atoms with Gasteiger partial charge in [0.1, 0.15) is 11.5 Å². The largest absolute Gasteiger partial charge is 0.497 e. The van der Waals surface area contributed by atoms with Crippen LogP contribution in [0.25, 0.3) is 0 Å². The average Bonchev–Trinajstić information content (AvgIpc) is 2.46. The van der Waals surface area contributed by atoms with E-state index in [-0.39, 0.29) is 0 Å². The van der Waals surface area contributed by atoms with Crippen LogP contribution >= 0.6 is 0 Å². The van der Waals surface area contributed by atoms with Gasteiger partial charge in [-0.15, -0.1) is 0 Å². The Labute approximate surface area is 109 Å². The van der Waals surface area contributed by atoms with Crippen molar-refractivity contribution < 1.29 is 9.47 Å². The van der Waals surface area contributed by atoms with Gasteiger partial charge in [0.15, 0.2) is 0 Å². The van der Waals surface area contributed by atoms with Crippen LogP contribution in [-0.2, 0) is 0 Å². The van der Waals surface area contributed by atoms with Gasteiger partial charge in [0.2, 0.25) is 0 Å². The third kappa shape index (κ3) is 2.70. The molecule has 1 fully saturated rings. The molecule has 1 saturated heterocycles. The van der Waals surface area contributed by atoms with E-state index >= 15 is 0 Å². The monoisotopic (exact) mass is 250 g/mol. The summed E-state index contributed by atoms with van der Waals surface area (Å²) in [6.07, 6.45) is 2.34. The quantitative estimate of drug-likeness (QED) is 0.885. The van der Waals surface area contributed by atoms with E-state index in [0.29, 0.717) is 6.04 Å². The molecular formula is C14H22N2O2. The molecule has 1 aliphatic heterocycles. The van der Waals surface area contributed by atoms with Crippen molar-refractivity contribution in [3.63, 3.8) is 0 Å². The molecule has 4 heteroatoms. The Morgan fingerprint density at radius 2 is 1.89 bits per heavy atom. The number of hydrogen-bond donors (Lipinski definition) is 1. The second-order valence-corrected chi connectivity index (χ2v) is 4.59. The van der Waals surface area contributed by atoms with Crippen LogP contribution in [0.3, 0.4) is 0 Å². The van der Waals surface area contributed by atoms with Crippen molar-refractivity contribution >= 4 is 5.69 Å². The molecule has 0 radical (unpaired) electrons. The molecule has 0 atom stereocenters. The molecule has 1 aromatic carbocycles. The molecular weight excluding hydrogens is 228 g/mol. The number of methoxy groups -OCH3 is 2. The first kappa shape index (κ1) is 13.0. The molecule has 1 aliphatic rings. The van der Waals surface area contributed by atoms with E-state index in [1.807, 2.05) is 19.2 Å². The summed E-state index contributed by atoms with van der Waals surface area (Å²) in [5.41, 5.74) is 1.16. The number of piperidine rings is 1. The first-order valence-corrected chi connectivity index (χ1v) is 6.42. The van der Waals surface area contributed by atoms with Gasteiger partial charge in [0, 0.05) is 25.2 Å². The highest BCUT2D eigenvalue weighted by atomic mass is 16.5. The van der Waals surface area contributed by atoms with Crippen LogP contribution in [0, 0.1) is 0 Å². The van der Waals surface area contributed by atoms with Crippen molar-refractivity contribution in [2.24, 2.45) is 0 Å². The molecule has 100 valence electrons. The summed E-state index contributed by atoms with van der Waals surface area (Å²) in [5.74, 6) is 1.72. The number of rotatable bonds is 4. The van der Waals surface area contributed by atoms with Crippen molar-refractivity contribution in [3.05, 3.63) is 18.2 Å². The summed E-state index contributed by atoms with van der Waals surface area (Å²) in [6, 6.07) is 6.66. The molecule has 0 saturated carbocycles. The number of benzene rings is 1. The molecule has 1 heterocycles. The molecule has 0 unspecified atom stereocenters. The average molecular weight is 250 g/mol. The number of hydrogen-bond acceptors (Lipinski definition) is 4. The number of nitrogens with one attached hydrogen (secondary N) is 1. The standard InChI is InChI=1S/C14H22N2O2/c1-15-11-6-8-16(9-7-11)13-5-4-12(17-2)10-14(13)18-3/h4-5,10-11,15H,6-9H2,1-3H3. The van der Waals surface area contributed by atoms with E-state index in [1.54, 1.807) is 14.2 Å².